The maximum absolute atomic E-state index is 14.1. The van der Waals surface area contributed by atoms with E-state index in [1.54, 1.807) is 35.9 Å². The smallest absolute Gasteiger partial charge is 0.264 e. The molecule has 1 heterocycles. The van der Waals surface area contributed by atoms with Crippen LogP contribution >= 0.6 is 23.4 Å². The Labute approximate surface area is 153 Å². The third-order valence-corrected chi connectivity index (χ3v) is 6.01. The van der Waals surface area contributed by atoms with Crippen LogP contribution in [0.5, 0.6) is 0 Å². The van der Waals surface area contributed by atoms with Crippen molar-refractivity contribution in [3.63, 3.8) is 0 Å². The van der Waals surface area contributed by atoms with Crippen LogP contribution in [0.3, 0.4) is 0 Å². The Kier molecular flexibility index (Phi) is 4.98. The number of halogens is 2. The van der Waals surface area contributed by atoms with E-state index < -0.39 is 20.7 Å². The van der Waals surface area contributed by atoms with Crippen LogP contribution in [-0.4, -0.2) is 23.2 Å². The molecule has 0 saturated heterocycles. The van der Waals surface area contributed by atoms with Crippen LogP contribution in [-0.2, 0) is 17.1 Å². The Bertz CT molecular complexity index is 1020. The van der Waals surface area contributed by atoms with Crippen molar-refractivity contribution in [3.05, 3.63) is 59.6 Å². The molecule has 130 valence electrons. The summed E-state index contributed by atoms with van der Waals surface area (Å²) < 4.78 is 43.3. The topological polar surface area (TPSA) is 76.9 Å². The summed E-state index contributed by atoms with van der Waals surface area (Å²) in [6.07, 6.45) is 1.54. The highest BCUT2D eigenvalue weighted by molar-refractivity contribution is 7.99. The first-order valence-electron chi connectivity index (χ1n) is 6.96. The van der Waals surface area contributed by atoms with Gasteiger partial charge in [-0.1, -0.05) is 29.8 Å². The van der Waals surface area contributed by atoms with Crippen LogP contribution in [0.4, 0.5) is 10.1 Å². The van der Waals surface area contributed by atoms with Crippen LogP contribution in [0, 0.1) is 5.82 Å². The van der Waals surface area contributed by atoms with Gasteiger partial charge >= 0.3 is 0 Å². The second-order valence-electron chi connectivity index (χ2n) is 4.98. The molecule has 0 bridgehead atoms. The third kappa shape index (κ3) is 3.78. The number of nitrogens with one attached hydrogen (secondary N) is 1. The van der Waals surface area contributed by atoms with E-state index in [1.807, 2.05) is 0 Å². The number of para-hydroxylation sites is 1. The summed E-state index contributed by atoms with van der Waals surface area (Å²) in [5.74, 6) is -0.991. The molecule has 0 aliphatic carbocycles. The van der Waals surface area contributed by atoms with Gasteiger partial charge in [0, 0.05) is 11.9 Å². The van der Waals surface area contributed by atoms with Crippen molar-refractivity contribution >= 4 is 39.1 Å². The third-order valence-electron chi connectivity index (χ3n) is 3.21. The van der Waals surface area contributed by atoms with E-state index in [2.05, 4.69) is 14.9 Å². The molecule has 0 fully saturated rings. The first-order chi connectivity index (χ1) is 11.9. The minimum absolute atomic E-state index is 0.260. The zero-order chi connectivity index (χ0) is 18.0. The summed E-state index contributed by atoms with van der Waals surface area (Å²) in [7, 11) is -2.37. The summed E-state index contributed by atoms with van der Waals surface area (Å²) in [5, 5.41) is 8.06. The van der Waals surface area contributed by atoms with Crippen LogP contribution in [0.25, 0.3) is 0 Å². The molecule has 10 heteroatoms. The second-order valence-corrected chi connectivity index (χ2v) is 8.05. The molecular formula is C15H12ClFN4O2S2. The second kappa shape index (κ2) is 7.03. The first kappa shape index (κ1) is 17.7. The minimum atomic E-state index is -4.14. The number of aryl methyl sites for hydroxylation is 1. The Morgan fingerprint density at radius 2 is 1.96 bits per heavy atom. The lowest BCUT2D eigenvalue weighted by Gasteiger charge is -2.12. The molecule has 0 spiro atoms. The van der Waals surface area contributed by atoms with Crippen molar-refractivity contribution in [3.8, 4) is 0 Å². The summed E-state index contributed by atoms with van der Waals surface area (Å²) >= 11 is 6.91. The number of nitrogens with zero attached hydrogens (tertiary/aromatic N) is 3. The largest absolute Gasteiger partial charge is 0.311 e. The number of anilines is 1. The molecule has 0 atom stereocenters. The van der Waals surface area contributed by atoms with Crippen molar-refractivity contribution in [2.24, 2.45) is 7.05 Å². The highest BCUT2D eigenvalue weighted by atomic mass is 35.5. The number of sulfonamides is 1. The SMILES string of the molecule is Cn1cnnc1Sc1ccccc1NS(=O)(=O)c1cccc(Cl)c1F. The lowest BCUT2D eigenvalue weighted by atomic mass is 10.3. The van der Waals surface area contributed by atoms with E-state index >= 15 is 0 Å². The van der Waals surface area contributed by atoms with Gasteiger partial charge in [-0.05, 0) is 36.0 Å². The fourth-order valence-corrected chi connectivity index (χ4v) is 4.32. The van der Waals surface area contributed by atoms with Crippen LogP contribution in [0.2, 0.25) is 5.02 Å². The molecule has 25 heavy (non-hydrogen) atoms. The lowest BCUT2D eigenvalue weighted by molar-refractivity contribution is 0.570. The molecule has 0 aliphatic rings. The number of benzene rings is 2. The fraction of sp³-hybridized carbons (Fsp3) is 0.0667. The Balaban J connectivity index is 1.95. The predicted molar refractivity (Wildman–Crippen MR) is 93.8 cm³/mol. The summed E-state index contributed by atoms with van der Waals surface area (Å²) in [4.78, 5) is 0.0862. The fourth-order valence-electron chi connectivity index (χ4n) is 1.99. The standard InChI is InChI=1S/C15H12ClFN4O2S2/c1-21-9-18-19-15(21)24-12-7-3-2-6-11(12)20-25(22,23)13-8-4-5-10(16)14(13)17/h2-9,20H,1H3. The monoisotopic (exact) mass is 398 g/mol. The number of hydrogen-bond acceptors (Lipinski definition) is 5. The highest BCUT2D eigenvalue weighted by Gasteiger charge is 2.22. The Morgan fingerprint density at radius 1 is 1.20 bits per heavy atom. The quantitative estimate of drug-likeness (QED) is 0.711. The van der Waals surface area contributed by atoms with Gasteiger partial charge in [0.05, 0.1) is 10.7 Å². The van der Waals surface area contributed by atoms with E-state index in [9.17, 15) is 12.8 Å². The summed E-state index contributed by atoms with van der Waals surface area (Å²) in [5.41, 5.74) is 0.301. The van der Waals surface area contributed by atoms with Crippen molar-refractivity contribution in [1.82, 2.24) is 14.8 Å². The highest BCUT2D eigenvalue weighted by Crippen LogP contribution is 2.33. The van der Waals surface area contributed by atoms with Gasteiger partial charge in [0.2, 0.25) is 0 Å². The molecule has 3 aromatic rings. The maximum Gasteiger partial charge on any atom is 0.264 e. The molecule has 0 amide bonds. The molecule has 0 radical (unpaired) electrons. The van der Waals surface area contributed by atoms with Gasteiger partial charge in [-0.25, -0.2) is 12.8 Å². The molecule has 1 aromatic heterocycles. The average Bonchev–Trinajstić information content (AvgIpc) is 2.96. The van der Waals surface area contributed by atoms with Gasteiger partial charge in [0.15, 0.2) is 11.0 Å². The van der Waals surface area contributed by atoms with Gasteiger partial charge in [0.1, 0.15) is 11.2 Å². The Morgan fingerprint density at radius 3 is 2.68 bits per heavy atom. The van der Waals surface area contributed by atoms with Crippen molar-refractivity contribution in [2.75, 3.05) is 4.72 Å². The van der Waals surface area contributed by atoms with E-state index in [4.69, 9.17) is 11.6 Å². The van der Waals surface area contributed by atoms with Crippen molar-refractivity contribution in [2.45, 2.75) is 14.9 Å². The molecular weight excluding hydrogens is 387 g/mol. The molecule has 0 unspecified atom stereocenters. The van der Waals surface area contributed by atoms with Crippen LogP contribution in [0.1, 0.15) is 0 Å². The van der Waals surface area contributed by atoms with Gasteiger partial charge in [-0.3, -0.25) is 4.72 Å². The van der Waals surface area contributed by atoms with E-state index in [1.165, 1.54) is 30.2 Å². The molecule has 3 rings (SSSR count). The molecule has 2 aromatic carbocycles. The Hall–Kier alpha value is -2.10. The van der Waals surface area contributed by atoms with Crippen molar-refractivity contribution < 1.29 is 12.8 Å². The molecule has 0 aliphatic heterocycles. The van der Waals surface area contributed by atoms with Gasteiger partial charge < -0.3 is 4.57 Å². The van der Waals surface area contributed by atoms with Crippen LogP contribution in [0.15, 0.2) is 63.7 Å². The first-order valence-corrected chi connectivity index (χ1v) is 9.64. The van der Waals surface area contributed by atoms with Crippen LogP contribution < -0.4 is 4.72 Å². The normalized spacial score (nSPS) is 11.5. The zero-order valence-electron chi connectivity index (χ0n) is 12.8. The van der Waals surface area contributed by atoms with E-state index in [-0.39, 0.29) is 5.02 Å². The molecule has 6 nitrogen and oxygen atoms in total. The maximum atomic E-state index is 14.1. The van der Waals surface area contributed by atoms with Gasteiger partial charge in [-0.2, -0.15) is 0 Å². The number of hydrogen-bond donors (Lipinski definition) is 1. The predicted octanol–water partition coefficient (Wildman–Crippen LogP) is 3.56. The van der Waals surface area contributed by atoms with E-state index in [0.717, 1.165) is 6.07 Å². The van der Waals surface area contributed by atoms with Crippen molar-refractivity contribution in [1.29, 1.82) is 0 Å². The number of aromatic nitrogens is 3. The minimum Gasteiger partial charge on any atom is -0.311 e. The van der Waals surface area contributed by atoms with Gasteiger partial charge in [0.25, 0.3) is 10.0 Å². The average molecular weight is 399 g/mol. The number of rotatable bonds is 5. The summed E-state index contributed by atoms with van der Waals surface area (Å²) in [6, 6.07) is 10.6. The zero-order valence-corrected chi connectivity index (χ0v) is 15.2. The van der Waals surface area contributed by atoms with Gasteiger partial charge in [-0.15, -0.1) is 10.2 Å². The molecule has 1 N–H and O–H groups in total. The van der Waals surface area contributed by atoms with E-state index in [0.29, 0.717) is 15.7 Å². The summed E-state index contributed by atoms with van der Waals surface area (Å²) in [6.45, 7) is 0. The lowest BCUT2D eigenvalue weighted by Crippen LogP contribution is -2.15. The molecule has 0 saturated carbocycles.